The van der Waals surface area contributed by atoms with Gasteiger partial charge in [0.15, 0.2) is 0 Å². The molecular weight excluding hydrogens is 326 g/mol. The minimum atomic E-state index is 0.106. The van der Waals surface area contributed by atoms with Crippen molar-refractivity contribution < 1.29 is 9.53 Å². The maximum atomic E-state index is 12.8. The molecule has 0 atom stereocenters. The molecule has 1 aliphatic rings. The third-order valence-corrected chi connectivity index (χ3v) is 5.35. The van der Waals surface area contributed by atoms with E-state index in [-0.39, 0.29) is 5.91 Å². The third kappa shape index (κ3) is 2.94. The standard InChI is InChI=1S/C21H23N3O2/c1-14-12-16(5-6-19(14)26-2)21(25)24-10-7-15(8-11-24)18-13-23-20-17(18)4-3-9-22-20/h3-6,9,12-13,15H,7-8,10-11H2,1-2H3,(H,22,23). The lowest BCUT2D eigenvalue weighted by Gasteiger charge is -2.32. The van der Waals surface area contributed by atoms with Gasteiger partial charge in [0.1, 0.15) is 11.4 Å². The Morgan fingerprint density at radius 2 is 2.08 bits per heavy atom. The van der Waals surface area contributed by atoms with E-state index in [0.29, 0.717) is 5.92 Å². The number of pyridine rings is 1. The lowest BCUT2D eigenvalue weighted by molar-refractivity contribution is 0.0713. The number of H-pyrrole nitrogens is 1. The lowest BCUT2D eigenvalue weighted by atomic mass is 9.89. The Labute approximate surface area is 153 Å². The predicted molar refractivity (Wildman–Crippen MR) is 102 cm³/mol. The molecular formula is C21H23N3O2. The Morgan fingerprint density at radius 1 is 1.27 bits per heavy atom. The molecule has 4 rings (SSSR count). The van der Waals surface area contributed by atoms with Crippen LogP contribution in [-0.4, -0.2) is 41.0 Å². The number of ether oxygens (including phenoxy) is 1. The summed E-state index contributed by atoms with van der Waals surface area (Å²) in [5, 5.41) is 1.20. The second-order valence-corrected chi connectivity index (χ2v) is 6.89. The van der Waals surface area contributed by atoms with E-state index in [4.69, 9.17) is 4.74 Å². The molecule has 1 amide bonds. The monoisotopic (exact) mass is 349 g/mol. The molecule has 0 bridgehead atoms. The third-order valence-electron chi connectivity index (χ3n) is 5.35. The molecule has 1 N–H and O–H groups in total. The lowest BCUT2D eigenvalue weighted by Crippen LogP contribution is -2.37. The van der Waals surface area contributed by atoms with Crippen LogP contribution < -0.4 is 4.74 Å². The number of nitrogens with one attached hydrogen (secondary N) is 1. The average molecular weight is 349 g/mol. The van der Waals surface area contributed by atoms with Crippen LogP contribution in [0.5, 0.6) is 5.75 Å². The SMILES string of the molecule is COc1ccc(C(=O)N2CCC(c3c[nH]c4ncccc34)CC2)cc1C. The first-order valence-corrected chi connectivity index (χ1v) is 9.03. The number of aromatic nitrogens is 2. The van der Waals surface area contributed by atoms with E-state index < -0.39 is 0 Å². The van der Waals surface area contributed by atoms with Crippen molar-refractivity contribution in [3.8, 4) is 5.75 Å². The number of benzene rings is 1. The van der Waals surface area contributed by atoms with Crippen LogP contribution in [0.25, 0.3) is 11.0 Å². The fraction of sp³-hybridized carbons (Fsp3) is 0.333. The fourth-order valence-corrected chi connectivity index (χ4v) is 3.90. The topological polar surface area (TPSA) is 58.2 Å². The highest BCUT2D eigenvalue weighted by molar-refractivity contribution is 5.94. The van der Waals surface area contributed by atoms with E-state index in [9.17, 15) is 4.79 Å². The minimum Gasteiger partial charge on any atom is -0.496 e. The van der Waals surface area contributed by atoms with E-state index in [0.717, 1.165) is 48.5 Å². The number of amides is 1. The second-order valence-electron chi connectivity index (χ2n) is 6.89. The molecule has 26 heavy (non-hydrogen) atoms. The molecule has 1 fully saturated rings. The summed E-state index contributed by atoms with van der Waals surface area (Å²) in [4.78, 5) is 22.4. The summed E-state index contributed by atoms with van der Waals surface area (Å²) in [5.41, 5.74) is 3.98. The number of aromatic amines is 1. The molecule has 0 aliphatic carbocycles. The molecule has 0 saturated carbocycles. The van der Waals surface area contributed by atoms with E-state index >= 15 is 0 Å². The first-order valence-electron chi connectivity index (χ1n) is 9.03. The number of hydrogen-bond acceptors (Lipinski definition) is 3. The Morgan fingerprint density at radius 3 is 2.81 bits per heavy atom. The van der Waals surface area contributed by atoms with Gasteiger partial charge in [0.2, 0.25) is 0 Å². The largest absolute Gasteiger partial charge is 0.496 e. The molecule has 3 aromatic rings. The number of piperidine rings is 1. The van der Waals surface area contributed by atoms with Crippen LogP contribution in [0.4, 0.5) is 0 Å². The van der Waals surface area contributed by atoms with Crippen LogP contribution >= 0.6 is 0 Å². The Hall–Kier alpha value is -2.82. The van der Waals surface area contributed by atoms with Gasteiger partial charge in [-0.2, -0.15) is 0 Å². The van der Waals surface area contributed by atoms with Crippen molar-refractivity contribution in [3.63, 3.8) is 0 Å². The molecule has 0 radical (unpaired) electrons. The Balaban J connectivity index is 1.46. The van der Waals surface area contributed by atoms with Crippen molar-refractivity contribution in [2.24, 2.45) is 0 Å². The summed E-state index contributed by atoms with van der Waals surface area (Å²) in [6, 6.07) is 9.73. The number of carbonyl (C=O) groups excluding carboxylic acids is 1. The van der Waals surface area contributed by atoms with Crippen LogP contribution in [0.15, 0.2) is 42.7 Å². The van der Waals surface area contributed by atoms with Crippen molar-refractivity contribution in [1.29, 1.82) is 0 Å². The zero-order valence-corrected chi connectivity index (χ0v) is 15.2. The van der Waals surface area contributed by atoms with Crippen LogP contribution in [0, 0.1) is 6.92 Å². The zero-order chi connectivity index (χ0) is 18.1. The smallest absolute Gasteiger partial charge is 0.253 e. The van der Waals surface area contributed by atoms with Gasteiger partial charge in [-0.3, -0.25) is 4.79 Å². The maximum absolute atomic E-state index is 12.8. The highest BCUT2D eigenvalue weighted by Gasteiger charge is 2.26. The van der Waals surface area contributed by atoms with Crippen LogP contribution in [0.3, 0.4) is 0 Å². The summed E-state index contributed by atoms with van der Waals surface area (Å²) >= 11 is 0. The van der Waals surface area contributed by atoms with Crippen LogP contribution in [0.1, 0.15) is 40.2 Å². The van der Waals surface area contributed by atoms with Gasteiger partial charge in [0, 0.05) is 36.4 Å². The highest BCUT2D eigenvalue weighted by Crippen LogP contribution is 2.33. The number of hydrogen-bond donors (Lipinski definition) is 1. The molecule has 2 aromatic heterocycles. The number of rotatable bonds is 3. The Bertz CT molecular complexity index is 939. The van der Waals surface area contributed by atoms with Gasteiger partial charge in [-0.15, -0.1) is 0 Å². The summed E-state index contributed by atoms with van der Waals surface area (Å²) in [6.07, 6.45) is 5.83. The van der Waals surface area contributed by atoms with Crippen molar-refractivity contribution >= 4 is 16.9 Å². The van der Waals surface area contributed by atoms with Gasteiger partial charge in [-0.25, -0.2) is 4.98 Å². The van der Waals surface area contributed by atoms with Gasteiger partial charge < -0.3 is 14.6 Å². The molecule has 1 aliphatic heterocycles. The number of carbonyl (C=O) groups is 1. The van der Waals surface area contributed by atoms with E-state index in [2.05, 4.69) is 22.2 Å². The number of methoxy groups -OCH3 is 1. The van der Waals surface area contributed by atoms with Crippen LogP contribution in [0.2, 0.25) is 0 Å². The van der Waals surface area contributed by atoms with Gasteiger partial charge in [-0.05, 0) is 67.1 Å². The fourth-order valence-electron chi connectivity index (χ4n) is 3.90. The summed E-state index contributed by atoms with van der Waals surface area (Å²) in [6.45, 7) is 3.52. The van der Waals surface area contributed by atoms with Crippen molar-refractivity contribution in [2.45, 2.75) is 25.7 Å². The number of likely N-dealkylation sites (tertiary alicyclic amines) is 1. The van der Waals surface area contributed by atoms with Gasteiger partial charge in [0.25, 0.3) is 5.91 Å². The summed E-state index contributed by atoms with van der Waals surface area (Å²) in [5.74, 6) is 1.39. The molecule has 3 heterocycles. The van der Waals surface area contributed by atoms with Gasteiger partial charge >= 0.3 is 0 Å². The molecule has 1 aromatic carbocycles. The maximum Gasteiger partial charge on any atom is 0.253 e. The first kappa shape index (κ1) is 16.6. The van der Waals surface area contributed by atoms with E-state index in [1.165, 1.54) is 10.9 Å². The highest BCUT2D eigenvalue weighted by atomic mass is 16.5. The number of fused-ring (bicyclic) bond motifs is 1. The second kappa shape index (κ2) is 6.83. The molecule has 134 valence electrons. The van der Waals surface area contributed by atoms with Gasteiger partial charge in [-0.1, -0.05) is 0 Å². The number of nitrogens with zero attached hydrogens (tertiary/aromatic N) is 2. The molecule has 5 heteroatoms. The Kier molecular flexibility index (Phi) is 4.37. The zero-order valence-electron chi connectivity index (χ0n) is 15.2. The molecule has 5 nitrogen and oxygen atoms in total. The van der Waals surface area contributed by atoms with Crippen molar-refractivity contribution in [3.05, 3.63) is 59.4 Å². The normalized spacial score (nSPS) is 15.4. The summed E-state index contributed by atoms with van der Waals surface area (Å²) < 4.78 is 5.28. The molecule has 0 spiro atoms. The summed E-state index contributed by atoms with van der Waals surface area (Å²) in [7, 11) is 1.65. The van der Waals surface area contributed by atoms with E-state index in [1.807, 2.05) is 36.1 Å². The number of aryl methyl sites for hydroxylation is 1. The predicted octanol–water partition coefficient (Wildman–Crippen LogP) is 3.90. The average Bonchev–Trinajstić information content (AvgIpc) is 3.11. The van der Waals surface area contributed by atoms with E-state index in [1.54, 1.807) is 13.3 Å². The quantitative estimate of drug-likeness (QED) is 0.780. The van der Waals surface area contributed by atoms with Crippen LogP contribution in [-0.2, 0) is 0 Å². The first-order chi connectivity index (χ1) is 12.7. The van der Waals surface area contributed by atoms with Gasteiger partial charge in [0.05, 0.1) is 7.11 Å². The molecule has 0 unspecified atom stereocenters. The van der Waals surface area contributed by atoms with Crippen molar-refractivity contribution in [1.82, 2.24) is 14.9 Å². The molecule has 1 saturated heterocycles. The van der Waals surface area contributed by atoms with Crippen molar-refractivity contribution in [2.75, 3.05) is 20.2 Å². The minimum absolute atomic E-state index is 0.106.